The molecule has 154 valence electrons. The Hall–Kier alpha value is -3.62. The molecular weight excluding hydrogens is 387 g/mol. The van der Waals surface area contributed by atoms with Crippen molar-refractivity contribution in [3.63, 3.8) is 0 Å². The fourth-order valence-electron chi connectivity index (χ4n) is 3.74. The lowest BCUT2D eigenvalue weighted by atomic mass is 9.93. The molecule has 0 unspecified atom stereocenters. The van der Waals surface area contributed by atoms with Gasteiger partial charge < -0.3 is 10.6 Å². The van der Waals surface area contributed by atoms with Crippen molar-refractivity contribution < 1.29 is 9.18 Å². The van der Waals surface area contributed by atoms with Crippen LogP contribution in [0.1, 0.15) is 41.5 Å². The highest BCUT2D eigenvalue weighted by Crippen LogP contribution is 2.36. The molecule has 8 nitrogen and oxygen atoms in total. The van der Waals surface area contributed by atoms with Crippen LogP contribution in [0.25, 0.3) is 11.1 Å². The van der Waals surface area contributed by atoms with Gasteiger partial charge in [-0.15, -0.1) is 0 Å². The molecule has 1 aliphatic heterocycles. The molecule has 1 saturated heterocycles. The van der Waals surface area contributed by atoms with Gasteiger partial charge in [0.15, 0.2) is 0 Å². The lowest BCUT2D eigenvalue weighted by Crippen LogP contribution is -2.40. The lowest BCUT2D eigenvalue weighted by molar-refractivity contribution is 0.0598. The van der Waals surface area contributed by atoms with Crippen molar-refractivity contribution >= 4 is 11.9 Å². The maximum absolute atomic E-state index is 13.4. The topological polar surface area (TPSA) is 107 Å². The third kappa shape index (κ3) is 3.78. The Kier molecular flexibility index (Phi) is 5.26. The number of aryl methyl sites for hydroxylation is 1. The second kappa shape index (κ2) is 8.02. The first-order chi connectivity index (χ1) is 14.4. The number of piperidine rings is 1. The van der Waals surface area contributed by atoms with Gasteiger partial charge in [-0.1, -0.05) is 12.1 Å². The van der Waals surface area contributed by atoms with Crippen molar-refractivity contribution in [2.45, 2.75) is 25.3 Å². The Labute approximate surface area is 172 Å². The molecule has 0 aliphatic carbocycles. The number of carbonyl (C=O) groups excluding carboxylic acids is 1. The van der Waals surface area contributed by atoms with E-state index in [9.17, 15) is 14.0 Å². The number of benzene rings is 1. The summed E-state index contributed by atoms with van der Waals surface area (Å²) in [6, 6.07) is 8.46. The second-order valence-corrected chi connectivity index (χ2v) is 7.22. The first-order valence-corrected chi connectivity index (χ1v) is 9.68. The number of halogens is 1. The van der Waals surface area contributed by atoms with Gasteiger partial charge in [0.1, 0.15) is 11.5 Å². The maximum Gasteiger partial charge on any atom is 0.274 e. The first kappa shape index (κ1) is 19.7. The molecule has 2 aromatic heterocycles. The van der Waals surface area contributed by atoms with E-state index in [4.69, 9.17) is 5.73 Å². The van der Waals surface area contributed by atoms with E-state index in [1.54, 1.807) is 23.2 Å². The van der Waals surface area contributed by atoms with E-state index in [-0.39, 0.29) is 35.0 Å². The summed E-state index contributed by atoms with van der Waals surface area (Å²) in [5.74, 6) is -0.515. The first-order valence-electron chi connectivity index (χ1n) is 9.68. The number of anilines is 1. The van der Waals surface area contributed by atoms with E-state index in [0.29, 0.717) is 24.2 Å². The number of hydrogen-bond donors (Lipinski definition) is 1. The number of nitrogen functional groups attached to an aromatic ring is 1. The third-order valence-electron chi connectivity index (χ3n) is 5.25. The lowest BCUT2D eigenvalue weighted by Gasteiger charge is -2.36. The van der Waals surface area contributed by atoms with Gasteiger partial charge in [0.05, 0.1) is 11.7 Å². The molecule has 1 fully saturated rings. The van der Waals surface area contributed by atoms with Crippen LogP contribution in [-0.2, 0) is 7.05 Å². The van der Waals surface area contributed by atoms with E-state index < -0.39 is 0 Å². The van der Waals surface area contributed by atoms with Crippen LogP contribution in [0.4, 0.5) is 10.3 Å². The summed E-state index contributed by atoms with van der Waals surface area (Å²) in [5.41, 5.74) is 7.83. The summed E-state index contributed by atoms with van der Waals surface area (Å²) in [6.45, 7) is 0.529. The highest BCUT2D eigenvalue weighted by molar-refractivity contribution is 5.92. The van der Waals surface area contributed by atoms with Crippen molar-refractivity contribution in [3.05, 3.63) is 70.2 Å². The van der Waals surface area contributed by atoms with Crippen LogP contribution in [0.15, 0.2) is 47.4 Å². The maximum atomic E-state index is 13.4. The zero-order valence-corrected chi connectivity index (χ0v) is 16.5. The fraction of sp³-hybridized carbons (Fsp3) is 0.286. The molecule has 1 amide bonds. The van der Waals surface area contributed by atoms with Crippen LogP contribution < -0.4 is 11.3 Å². The largest absolute Gasteiger partial charge is 0.368 e. The van der Waals surface area contributed by atoms with Gasteiger partial charge in [-0.05, 0) is 43.0 Å². The number of rotatable bonds is 3. The summed E-state index contributed by atoms with van der Waals surface area (Å²) in [5, 5.41) is 4.10. The Morgan fingerprint density at radius 3 is 2.67 bits per heavy atom. The molecule has 0 bridgehead atoms. The van der Waals surface area contributed by atoms with Crippen LogP contribution in [0.2, 0.25) is 0 Å². The minimum atomic E-state index is -0.341. The highest BCUT2D eigenvalue weighted by Gasteiger charge is 2.32. The van der Waals surface area contributed by atoms with Crippen molar-refractivity contribution in [1.82, 2.24) is 24.6 Å². The molecule has 0 saturated carbocycles. The molecule has 0 spiro atoms. The van der Waals surface area contributed by atoms with Gasteiger partial charge in [0.25, 0.3) is 11.5 Å². The molecule has 30 heavy (non-hydrogen) atoms. The standard InChI is InChI=1S/C21H21FN6O2/c1-27-18(29)10-9-16(26-27)20(30)28-11-3-2-4-17(28)19-15(12-24-21(23)25-19)13-5-7-14(22)8-6-13/h5-10,12,17H,2-4,11H2,1H3,(H2,23,24,25)/t17-/m0/s1. The van der Waals surface area contributed by atoms with Crippen LogP contribution in [-0.4, -0.2) is 37.1 Å². The number of nitrogens with zero attached hydrogens (tertiary/aromatic N) is 5. The number of carbonyl (C=O) groups is 1. The molecular formula is C21H21FN6O2. The molecule has 4 rings (SSSR count). The fourth-order valence-corrected chi connectivity index (χ4v) is 3.74. The van der Waals surface area contributed by atoms with E-state index in [0.717, 1.165) is 23.1 Å². The Balaban J connectivity index is 1.76. The Morgan fingerprint density at radius 1 is 1.17 bits per heavy atom. The Morgan fingerprint density at radius 2 is 1.93 bits per heavy atom. The number of aromatic nitrogens is 4. The van der Waals surface area contributed by atoms with Gasteiger partial charge >= 0.3 is 0 Å². The third-order valence-corrected chi connectivity index (χ3v) is 5.25. The van der Waals surface area contributed by atoms with Gasteiger partial charge in [-0.25, -0.2) is 19.0 Å². The van der Waals surface area contributed by atoms with Crippen molar-refractivity contribution in [1.29, 1.82) is 0 Å². The van der Waals surface area contributed by atoms with E-state index >= 15 is 0 Å². The zero-order valence-electron chi connectivity index (χ0n) is 16.5. The number of amides is 1. The van der Waals surface area contributed by atoms with Gasteiger partial charge in [-0.3, -0.25) is 9.59 Å². The molecule has 1 aliphatic rings. The monoisotopic (exact) mass is 408 g/mol. The van der Waals surface area contributed by atoms with E-state index in [2.05, 4.69) is 15.1 Å². The molecule has 3 heterocycles. The smallest absolute Gasteiger partial charge is 0.274 e. The predicted octanol–water partition coefficient (Wildman–Crippen LogP) is 2.33. The molecule has 3 aromatic rings. The van der Waals surface area contributed by atoms with Crippen LogP contribution >= 0.6 is 0 Å². The highest BCUT2D eigenvalue weighted by atomic mass is 19.1. The zero-order chi connectivity index (χ0) is 21.3. The van der Waals surface area contributed by atoms with E-state index in [1.165, 1.54) is 31.3 Å². The minimum Gasteiger partial charge on any atom is -0.368 e. The summed E-state index contributed by atoms with van der Waals surface area (Å²) >= 11 is 0. The SMILES string of the molecule is Cn1nc(C(=O)N2CCCC[C@H]2c2nc(N)ncc2-c2ccc(F)cc2)ccc1=O. The predicted molar refractivity (Wildman–Crippen MR) is 109 cm³/mol. The van der Waals surface area contributed by atoms with Gasteiger partial charge in [0, 0.05) is 31.4 Å². The number of likely N-dealkylation sites (tertiary alicyclic amines) is 1. The number of nitrogens with two attached hydrogens (primary N) is 1. The Bertz CT molecular complexity index is 1140. The summed E-state index contributed by atoms with van der Waals surface area (Å²) in [7, 11) is 1.50. The minimum absolute atomic E-state index is 0.106. The van der Waals surface area contributed by atoms with Crippen molar-refractivity contribution in [2.24, 2.45) is 7.05 Å². The average Bonchev–Trinajstić information content (AvgIpc) is 2.76. The molecule has 2 N–H and O–H groups in total. The summed E-state index contributed by atoms with van der Waals surface area (Å²) in [6.07, 6.45) is 4.07. The van der Waals surface area contributed by atoms with Gasteiger partial charge in [-0.2, -0.15) is 5.10 Å². The summed E-state index contributed by atoms with van der Waals surface area (Å²) in [4.78, 5) is 35.2. The van der Waals surface area contributed by atoms with E-state index in [1.807, 2.05) is 0 Å². The van der Waals surface area contributed by atoms with Crippen LogP contribution in [0.5, 0.6) is 0 Å². The molecule has 1 aromatic carbocycles. The van der Waals surface area contributed by atoms with Crippen molar-refractivity contribution in [2.75, 3.05) is 12.3 Å². The average molecular weight is 408 g/mol. The molecule has 9 heteroatoms. The van der Waals surface area contributed by atoms with Crippen LogP contribution in [0, 0.1) is 5.82 Å². The van der Waals surface area contributed by atoms with Gasteiger partial charge in [0.2, 0.25) is 5.95 Å². The molecule has 1 atom stereocenters. The van der Waals surface area contributed by atoms with Crippen molar-refractivity contribution in [3.8, 4) is 11.1 Å². The van der Waals surface area contributed by atoms with Crippen LogP contribution in [0.3, 0.4) is 0 Å². The quantitative estimate of drug-likeness (QED) is 0.713. The number of hydrogen-bond acceptors (Lipinski definition) is 6. The summed E-state index contributed by atoms with van der Waals surface area (Å²) < 4.78 is 14.5. The normalized spacial score (nSPS) is 16.5. The second-order valence-electron chi connectivity index (χ2n) is 7.22. The molecule has 0 radical (unpaired) electrons.